The molecule has 0 amide bonds. The quantitative estimate of drug-likeness (QED) is 0.326. The van der Waals surface area contributed by atoms with E-state index in [2.05, 4.69) is 126 Å². The first-order chi connectivity index (χ1) is 15.9. The summed E-state index contributed by atoms with van der Waals surface area (Å²) in [5.41, 5.74) is 7.96. The third kappa shape index (κ3) is 6.42. The van der Waals surface area contributed by atoms with Crippen molar-refractivity contribution in [3.63, 3.8) is 0 Å². The summed E-state index contributed by atoms with van der Waals surface area (Å²) in [6.07, 6.45) is 11.0. The van der Waals surface area contributed by atoms with Crippen molar-refractivity contribution in [3.05, 3.63) is 155 Å². The number of hydrogen-bond acceptors (Lipinski definition) is 0. The maximum absolute atomic E-state index is 3.41. The Bertz CT molecular complexity index is 1120. The predicted molar refractivity (Wildman–Crippen MR) is 132 cm³/mol. The summed E-state index contributed by atoms with van der Waals surface area (Å²) < 4.78 is 3.34. The molecule has 2 aliphatic carbocycles. The van der Waals surface area contributed by atoms with Crippen LogP contribution < -0.4 is 24.8 Å². The molecule has 2 aliphatic rings. The van der Waals surface area contributed by atoms with Crippen molar-refractivity contribution in [3.8, 4) is 0 Å². The van der Waals surface area contributed by atoms with E-state index in [1.807, 2.05) is 12.1 Å². The van der Waals surface area contributed by atoms with Crippen molar-refractivity contribution in [1.82, 2.24) is 0 Å². The van der Waals surface area contributed by atoms with E-state index in [-0.39, 0.29) is 24.8 Å². The molecule has 0 N–H and O–H groups in total. The summed E-state index contributed by atoms with van der Waals surface area (Å²) in [6.45, 7) is 0. The van der Waals surface area contributed by atoms with E-state index in [0.29, 0.717) is 11.8 Å². The fraction of sp³-hybridized carbons (Fsp3) is 0.0645. The normalized spacial score (nSPS) is 15.8. The van der Waals surface area contributed by atoms with Gasteiger partial charge in [-0.05, 0) is 0 Å². The van der Waals surface area contributed by atoms with Crippen molar-refractivity contribution in [2.75, 3.05) is 0 Å². The third-order valence-electron chi connectivity index (χ3n) is 5.69. The number of rotatable bonds is 2. The van der Waals surface area contributed by atoms with Gasteiger partial charge < -0.3 is 24.8 Å². The molecule has 2 atom stereocenters. The monoisotopic (exact) mass is 556 g/mol. The molecule has 0 fully saturated rings. The van der Waals surface area contributed by atoms with Crippen LogP contribution in [-0.4, -0.2) is 4.21 Å². The van der Waals surface area contributed by atoms with Crippen LogP contribution in [0.2, 0.25) is 0 Å². The molecule has 0 saturated carbocycles. The zero-order chi connectivity index (χ0) is 22.2. The van der Waals surface area contributed by atoms with Gasteiger partial charge in [-0.15, -0.1) is 23.3 Å². The molecular weight excluding hydrogens is 534 g/mol. The minimum Gasteiger partial charge on any atom is -1.00 e. The van der Waals surface area contributed by atoms with E-state index >= 15 is 0 Å². The molecule has 0 bridgehead atoms. The minimum atomic E-state index is 0. The van der Waals surface area contributed by atoms with Crippen LogP contribution in [0, 0.1) is 12.2 Å². The molecule has 6 rings (SSSR count). The van der Waals surface area contributed by atoms with Crippen LogP contribution in [0.3, 0.4) is 0 Å². The van der Waals surface area contributed by atoms with Crippen molar-refractivity contribution in [2.24, 2.45) is 0 Å². The maximum atomic E-state index is 3.41. The summed E-state index contributed by atoms with van der Waals surface area (Å²) in [7, 11) is 0. The fourth-order valence-corrected chi connectivity index (χ4v) is 4.18. The zero-order valence-corrected chi connectivity index (χ0v) is 22.6. The van der Waals surface area contributed by atoms with Gasteiger partial charge in [-0.25, -0.2) is 12.2 Å². The summed E-state index contributed by atoms with van der Waals surface area (Å²) in [5, 5.41) is 0. The summed E-state index contributed by atoms with van der Waals surface area (Å²) in [4.78, 5) is 0. The fourth-order valence-electron chi connectivity index (χ4n) is 4.18. The SMILES string of the molecule is [C-]1=Cc2ccccc2C1c1ccccc1.[C-]1=Cc2ccccc2C1c1ccccc1.[CH2]=[Zr+2].[Cl-].[Cl-]. The number of fused-ring (bicyclic) bond motifs is 2. The Morgan fingerprint density at radius 2 is 0.794 bits per heavy atom. The van der Waals surface area contributed by atoms with E-state index in [0.717, 1.165) is 0 Å². The van der Waals surface area contributed by atoms with E-state index < -0.39 is 0 Å². The van der Waals surface area contributed by atoms with Crippen molar-refractivity contribution in [1.29, 1.82) is 0 Å². The van der Waals surface area contributed by atoms with E-state index in [9.17, 15) is 0 Å². The molecular formula is C31H24Cl2Zr-2. The molecule has 0 aromatic heterocycles. The molecule has 0 heterocycles. The first kappa shape index (κ1) is 27.9. The van der Waals surface area contributed by atoms with Gasteiger partial charge in [0.15, 0.2) is 0 Å². The topological polar surface area (TPSA) is 0 Å². The van der Waals surface area contributed by atoms with Crippen LogP contribution in [0.25, 0.3) is 12.2 Å². The van der Waals surface area contributed by atoms with Crippen LogP contribution >= 0.6 is 0 Å². The molecule has 0 radical (unpaired) electrons. The maximum Gasteiger partial charge on any atom is -1.00 e. The number of benzene rings is 4. The van der Waals surface area contributed by atoms with Gasteiger partial charge in [0.1, 0.15) is 0 Å². The number of hydrogen-bond donors (Lipinski definition) is 0. The first-order valence-electron chi connectivity index (χ1n) is 10.7. The standard InChI is InChI=1S/2C15H11.CH2.2ClH.Zr/c2*1-2-6-12(7-3-1)15-11-10-13-8-4-5-9-14(13)15;;;;/h2*1-10,15H;1H2;2*1H;/q2*-1;;;;+2/p-2. The third-order valence-corrected chi connectivity index (χ3v) is 5.69. The first-order valence-corrected chi connectivity index (χ1v) is 12.5. The minimum absolute atomic E-state index is 0. The van der Waals surface area contributed by atoms with E-state index in [1.54, 1.807) is 0 Å². The Kier molecular flexibility index (Phi) is 11.6. The van der Waals surface area contributed by atoms with Gasteiger partial charge in [-0.3, -0.25) is 12.2 Å². The Morgan fingerprint density at radius 3 is 1.18 bits per heavy atom. The molecule has 0 aliphatic heterocycles. The molecule has 3 heteroatoms. The van der Waals surface area contributed by atoms with Crippen LogP contribution in [0.5, 0.6) is 0 Å². The molecule has 4 aromatic rings. The smallest absolute Gasteiger partial charge is 1.00 e. The van der Waals surface area contributed by atoms with Gasteiger partial charge in [0, 0.05) is 0 Å². The van der Waals surface area contributed by atoms with Crippen molar-refractivity contribution >= 4 is 16.4 Å². The van der Waals surface area contributed by atoms with Gasteiger partial charge >= 0.3 is 28.4 Å². The zero-order valence-electron chi connectivity index (χ0n) is 18.7. The van der Waals surface area contributed by atoms with Crippen LogP contribution in [0.4, 0.5) is 0 Å². The molecule has 0 spiro atoms. The second-order valence-corrected chi connectivity index (χ2v) is 7.57. The second kappa shape index (κ2) is 14.2. The van der Waals surface area contributed by atoms with Crippen LogP contribution in [-0.2, 0) is 24.2 Å². The Morgan fingerprint density at radius 1 is 0.471 bits per heavy atom. The Balaban J connectivity index is 0.000000212. The molecule has 4 aromatic carbocycles. The molecule has 34 heavy (non-hydrogen) atoms. The molecule has 0 nitrogen and oxygen atoms in total. The predicted octanol–water partition coefficient (Wildman–Crippen LogP) is 1.27. The summed E-state index contributed by atoms with van der Waals surface area (Å²) >= 11 is 1.30. The van der Waals surface area contributed by atoms with Gasteiger partial charge in [-0.2, -0.15) is 11.1 Å². The number of allylic oxidation sites excluding steroid dienone is 2. The van der Waals surface area contributed by atoms with E-state index in [4.69, 9.17) is 0 Å². The van der Waals surface area contributed by atoms with Gasteiger partial charge in [-0.1, -0.05) is 120 Å². The summed E-state index contributed by atoms with van der Waals surface area (Å²) in [6, 6.07) is 38.1. The Labute approximate surface area is 230 Å². The van der Waals surface area contributed by atoms with E-state index in [1.165, 1.54) is 57.6 Å². The van der Waals surface area contributed by atoms with Gasteiger partial charge in [0.05, 0.1) is 0 Å². The molecule has 168 valence electrons. The van der Waals surface area contributed by atoms with Gasteiger partial charge in [0.2, 0.25) is 0 Å². The molecule has 0 saturated heterocycles. The van der Waals surface area contributed by atoms with Crippen LogP contribution in [0.1, 0.15) is 45.2 Å². The average molecular weight is 559 g/mol. The summed E-state index contributed by atoms with van der Waals surface area (Å²) in [5.74, 6) is 0.643. The second-order valence-electron chi connectivity index (χ2n) is 7.57. The Hall–Kier alpha value is -2.31. The number of halogens is 2. The molecule has 2 unspecified atom stereocenters. The average Bonchev–Trinajstić information content (AvgIpc) is 3.51. The van der Waals surface area contributed by atoms with Crippen molar-refractivity contribution < 1.29 is 49.0 Å². The largest absolute Gasteiger partial charge is 1.00 e. The van der Waals surface area contributed by atoms with Crippen molar-refractivity contribution in [2.45, 2.75) is 11.8 Å². The van der Waals surface area contributed by atoms with Crippen LogP contribution in [0.15, 0.2) is 109 Å². The van der Waals surface area contributed by atoms with Gasteiger partial charge in [0.25, 0.3) is 0 Å².